The van der Waals surface area contributed by atoms with Crippen LogP contribution >= 0.6 is 0 Å². The Morgan fingerprint density at radius 1 is 1.37 bits per heavy atom. The largest absolute Gasteiger partial charge is 0.497 e. The van der Waals surface area contributed by atoms with Crippen molar-refractivity contribution in [1.82, 2.24) is 9.13 Å². The normalized spacial score (nSPS) is 10.6. The standard InChI is InChI=1S/C12H12N2O5/c1-13-9-5-7(19-2)3-4-8(9)11(17)14(12(13)18)6-10(15)16/h3-5H,6H2,1-2H3,(H,15,16). The Balaban J connectivity index is 2.87. The Kier molecular flexibility index (Phi) is 3.12. The van der Waals surface area contributed by atoms with Crippen molar-refractivity contribution in [3.8, 4) is 5.75 Å². The summed E-state index contributed by atoms with van der Waals surface area (Å²) < 4.78 is 6.95. The molecule has 1 aromatic heterocycles. The van der Waals surface area contributed by atoms with Gasteiger partial charge in [0.05, 0.1) is 18.0 Å². The number of aromatic nitrogens is 2. The van der Waals surface area contributed by atoms with Crippen LogP contribution in [-0.4, -0.2) is 27.3 Å². The van der Waals surface area contributed by atoms with Crippen molar-refractivity contribution in [2.24, 2.45) is 7.05 Å². The van der Waals surface area contributed by atoms with Crippen LogP contribution in [0, 0.1) is 0 Å². The summed E-state index contributed by atoms with van der Waals surface area (Å²) in [5.41, 5.74) is -0.896. The van der Waals surface area contributed by atoms with Crippen molar-refractivity contribution in [2.75, 3.05) is 7.11 Å². The highest BCUT2D eigenvalue weighted by Gasteiger charge is 2.13. The van der Waals surface area contributed by atoms with Gasteiger partial charge in [-0.05, 0) is 12.1 Å². The Bertz CT molecular complexity index is 772. The third kappa shape index (κ3) is 2.10. The second kappa shape index (κ2) is 4.60. The first kappa shape index (κ1) is 12.9. The molecule has 0 aliphatic rings. The number of ether oxygens (including phenoxy) is 1. The van der Waals surface area contributed by atoms with Gasteiger partial charge in [0.25, 0.3) is 5.56 Å². The highest BCUT2D eigenvalue weighted by molar-refractivity contribution is 5.79. The number of methoxy groups -OCH3 is 1. The number of aryl methyl sites for hydroxylation is 1. The van der Waals surface area contributed by atoms with Crippen molar-refractivity contribution in [3.63, 3.8) is 0 Å². The van der Waals surface area contributed by atoms with E-state index in [1.165, 1.54) is 24.8 Å². The van der Waals surface area contributed by atoms with Gasteiger partial charge in [0, 0.05) is 13.1 Å². The molecule has 0 amide bonds. The topological polar surface area (TPSA) is 90.5 Å². The van der Waals surface area contributed by atoms with E-state index in [-0.39, 0.29) is 5.39 Å². The highest BCUT2D eigenvalue weighted by atomic mass is 16.5. The van der Waals surface area contributed by atoms with E-state index in [0.29, 0.717) is 15.8 Å². The Labute approximate surface area is 107 Å². The molecule has 0 aliphatic heterocycles. The fourth-order valence-corrected chi connectivity index (χ4v) is 1.89. The number of hydrogen-bond donors (Lipinski definition) is 1. The van der Waals surface area contributed by atoms with Crippen molar-refractivity contribution in [2.45, 2.75) is 6.54 Å². The molecule has 0 bridgehead atoms. The predicted molar refractivity (Wildman–Crippen MR) is 67.6 cm³/mol. The minimum Gasteiger partial charge on any atom is -0.497 e. The first-order chi connectivity index (χ1) is 8.95. The molecule has 19 heavy (non-hydrogen) atoms. The average Bonchev–Trinajstić information content (AvgIpc) is 2.40. The molecule has 1 aromatic carbocycles. The van der Waals surface area contributed by atoms with Gasteiger partial charge in [0.1, 0.15) is 12.3 Å². The first-order valence-electron chi connectivity index (χ1n) is 5.45. The fraction of sp³-hybridized carbons (Fsp3) is 0.250. The molecule has 0 saturated heterocycles. The average molecular weight is 264 g/mol. The van der Waals surface area contributed by atoms with Crippen LogP contribution in [0.3, 0.4) is 0 Å². The SMILES string of the molecule is COc1ccc2c(=O)n(CC(=O)O)c(=O)n(C)c2c1. The number of benzene rings is 1. The van der Waals surface area contributed by atoms with Gasteiger partial charge >= 0.3 is 11.7 Å². The van der Waals surface area contributed by atoms with Gasteiger partial charge in [0.15, 0.2) is 0 Å². The summed E-state index contributed by atoms with van der Waals surface area (Å²) in [6.07, 6.45) is 0. The van der Waals surface area contributed by atoms with Gasteiger partial charge < -0.3 is 9.84 Å². The van der Waals surface area contributed by atoms with Crippen molar-refractivity contribution >= 4 is 16.9 Å². The quantitative estimate of drug-likeness (QED) is 0.828. The number of aliphatic carboxylic acids is 1. The molecule has 0 saturated carbocycles. The van der Waals surface area contributed by atoms with Crippen LogP contribution in [0.1, 0.15) is 0 Å². The smallest absolute Gasteiger partial charge is 0.331 e. The maximum absolute atomic E-state index is 12.1. The first-order valence-corrected chi connectivity index (χ1v) is 5.45. The molecular weight excluding hydrogens is 252 g/mol. The zero-order chi connectivity index (χ0) is 14.2. The Hall–Kier alpha value is -2.57. The molecule has 0 aliphatic carbocycles. The number of hydrogen-bond acceptors (Lipinski definition) is 4. The van der Waals surface area contributed by atoms with Crippen LogP contribution in [-0.2, 0) is 18.4 Å². The van der Waals surface area contributed by atoms with Gasteiger partial charge in [-0.15, -0.1) is 0 Å². The number of fused-ring (bicyclic) bond motifs is 1. The van der Waals surface area contributed by atoms with E-state index in [2.05, 4.69) is 0 Å². The molecule has 0 unspecified atom stereocenters. The number of carboxylic acids is 1. The van der Waals surface area contributed by atoms with E-state index in [0.717, 1.165) is 0 Å². The van der Waals surface area contributed by atoms with E-state index in [1.54, 1.807) is 12.1 Å². The van der Waals surface area contributed by atoms with Gasteiger partial charge in [-0.1, -0.05) is 0 Å². The summed E-state index contributed by atoms with van der Waals surface area (Å²) in [5.74, 6) is -0.732. The second-order valence-corrected chi connectivity index (χ2v) is 4.01. The van der Waals surface area contributed by atoms with Crippen LogP contribution < -0.4 is 16.0 Å². The summed E-state index contributed by atoms with van der Waals surface area (Å²) >= 11 is 0. The minimum atomic E-state index is -1.24. The Morgan fingerprint density at radius 3 is 2.63 bits per heavy atom. The molecule has 0 radical (unpaired) electrons. The maximum atomic E-state index is 12.1. The number of nitrogens with zero attached hydrogens (tertiary/aromatic N) is 2. The lowest BCUT2D eigenvalue weighted by Gasteiger charge is -2.10. The Morgan fingerprint density at radius 2 is 2.05 bits per heavy atom. The van der Waals surface area contributed by atoms with Crippen molar-refractivity contribution in [1.29, 1.82) is 0 Å². The third-order valence-corrected chi connectivity index (χ3v) is 2.85. The highest BCUT2D eigenvalue weighted by Crippen LogP contribution is 2.16. The van der Waals surface area contributed by atoms with Gasteiger partial charge in [-0.2, -0.15) is 0 Å². The molecule has 0 spiro atoms. The lowest BCUT2D eigenvalue weighted by atomic mass is 10.2. The fourth-order valence-electron chi connectivity index (χ4n) is 1.89. The summed E-state index contributed by atoms with van der Waals surface area (Å²) in [6, 6.07) is 4.65. The molecule has 7 heteroatoms. The number of carboxylic acid groups (broad SMARTS) is 1. The molecule has 0 atom stereocenters. The van der Waals surface area contributed by atoms with E-state index < -0.39 is 23.8 Å². The third-order valence-electron chi connectivity index (χ3n) is 2.85. The summed E-state index contributed by atoms with van der Waals surface area (Å²) in [7, 11) is 2.95. The number of rotatable bonds is 3. The van der Waals surface area contributed by atoms with Crippen LogP contribution in [0.5, 0.6) is 5.75 Å². The zero-order valence-electron chi connectivity index (χ0n) is 10.4. The van der Waals surface area contributed by atoms with E-state index in [4.69, 9.17) is 9.84 Å². The van der Waals surface area contributed by atoms with Crippen molar-refractivity contribution in [3.05, 3.63) is 39.0 Å². The molecule has 2 aromatic rings. The lowest BCUT2D eigenvalue weighted by Crippen LogP contribution is -2.40. The monoisotopic (exact) mass is 264 g/mol. The zero-order valence-corrected chi connectivity index (χ0v) is 10.4. The van der Waals surface area contributed by atoms with Crippen molar-refractivity contribution < 1.29 is 14.6 Å². The number of carbonyl (C=O) groups is 1. The maximum Gasteiger partial charge on any atom is 0.331 e. The molecule has 7 nitrogen and oxygen atoms in total. The molecule has 2 rings (SSSR count). The molecule has 0 fully saturated rings. The van der Waals surface area contributed by atoms with Gasteiger partial charge in [-0.25, -0.2) is 9.36 Å². The van der Waals surface area contributed by atoms with Crippen LogP contribution in [0.25, 0.3) is 10.9 Å². The van der Waals surface area contributed by atoms with E-state index >= 15 is 0 Å². The lowest BCUT2D eigenvalue weighted by molar-refractivity contribution is -0.137. The van der Waals surface area contributed by atoms with Crippen LogP contribution in [0.15, 0.2) is 27.8 Å². The van der Waals surface area contributed by atoms with Crippen LogP contribution in [0.4, 0.5) is 0 Å². The second-order valence-electron chi connectivity index (χ2n) is 4.01. The van der Waals surface area contributed by atoms with Gasteiger partial charge in [-0.3, -0.25) is 14.2 Å². The van der Waals surface area contributed by atoms with Gasteiger partial charge in [0.2, 0.25) is 0 Å². The molecule has 100 valence electrons. The summed E-state index contributed by atoms with van der Waals surface area (Å²) in [4.78, 5) is 34.7. The molecule has 1 heterocycles. The summed E-state index contributed by atoms with van der Waals surface area (Å²) in [6.45, 7) is -0.659. The van der Waals surface area contributed by atoms with Crippen LogP contribution in [0.2, 0.25) is 0 Å². The predicted octanol–water partition coefficient (Wildman–Crippen LogP) is -0.207. The summed E-state index contributed by atoms with van der Waals surface area (Å²) in [5, 5.41) is 9.00. The minimum absolute atomic E-state index is 0.268. The molecule has 1 N–H and O–H groups in total. The molecular formula is C12H12N2O5. The van der Waals surface area contributed by atoms with E-state index in [1.807, 2.05) is 0 Å². The van der Waals surface area contributed by atoms with E-state index in [9.17, 15) is 14.4 Å².